The molecule has 1 aromatic rings. The number of pyridine rings is 1. The van der Waals surface area contributed by atoms with Gasteiger partial charge in [0.2, 0.25) is 0 Å². The van der Waals surface area contributed by atoms with E-state index < -0.39 is 0 Å². The van der Waals surface area contributed by atoms with Crippen molar-refractivity contribution < 1.29 is 4.74 Å². The Kier molecular flexibility index (Phi) is 5.46. The van der Waals surface area contributed by atoms with Crippen molar-refractivity contribution in [2.24, 2.45) is 0 Å². The highest BCUT2D eigenvalue weighted by Gasteiger charge is 2.17. The van der Waals surface area contributed by atoms with Crippen LogP contribution in [0, 0.1) is 0 Å². The van der Waals surface area contributed by atoms with Gasteiger partial charge in [-0.15, -0.1) is 0 Å². The lowest BCUT2D eigenvalue weighted by molar-refractivity contribution is 0.0641. The summed E-state index contributed by atoms with van der Waals surface area (Å²) in [6, 6.07) is 4.81. The third-order valence-electron chi connectivity index (χ3n) is 4.56. The van der Waals surface area contributed by atoms with E-state index in [0.29, 0.717) is 12.1 Å². The van der Waals surface area contributed by atoms with Gasteiger partial charge < -0.3 is 15.4 Å². The Morgan fingerprint density at radius 3 is 3.14 bits per heavy atom. The van der Waals surface area contributed by atoms with Crippen LogP contribution in [0.1, 0.15) is 44.1 Å². The van der Waals surface area contributed by atoms with Crippen molar-refractivity contribution in [3.05, 3.63) is 23.9 Å². The third kappa shape index (κ3) is 4.42. The number of hydrogen-bond donors (Lipinski definition) is 2. The predicted molar refractivity (Wildman–Crippen MR) is 85.7 cm³/mol. The standard InChI is InChI=1S/C17H27N3O/c1(3-12-21-16-9-11-18-13-16)2-6-15-8-7-14-5-4-10-19-17(14)20-15/h4-5,10,15-16,18H,1-3,6-9,11-13H2,(H,19,20)/t15-,16+/m0/s1. The molecule has 0 saturated carbocycles. The Labute approximate surface area is 127 Å². The lowest BCUT2D eigenvalue weighted by atomic mass is 9.97. The number of rotatable bonds is 7. The van der Waals surface area contributed by atoms with Crippen LogP contribution >= 0.6 is 0 Å². The van der Waals surface area contributed by atoms with Crippen molar-refractivity contribution >= 4 is 5.82 Å². The molecule has 21 heavy (non-hydrogen) atoms. The lowest BCUT2D eigenvalue weighted by Gasteiger charge is -2.26. The van der Waals surface area contributed by atoms with Crippen LogP contribution in [0.4, 0.5) is 5.82 Å². The van der Waals surface area contributed by atoms with Crippen molar-refractivity contribution in [3.63, 3.8) is 0 Å². The average molecular weight is 289 g/mol. The molecule has 1 saturated heterocycles. The Balaban J connectivity index is 1.26. The van der Waals surface area contributed by atoms with E-state index >= 15 is 0 Å². The zero-order valence-corrected chi connectivity index (χ0v) is 12.8. The maximum absolute atomic E-state index is 5.85. The predicted octanol–water partition coefficient (Wildman–Crippen LogP) is 2.75. The maximum atomic E-state index is 5.85. The molecule has 0 aliphatic carbocycles. The second kappa shape index (κ2) is 7.76. The number of hydrogen-bond acceptors (Lipinski definition) is 4. The minimum absolute atomic E-state index is 0.465. The molecule has 4 heteroatoms. The monoisotopic (exact) mass is 289 g/mol. The van der Waals surface area contributed by atoms with Gasteiger partial charge in [-0.1, -0.05) is 18.9 Å². The molecule has 116 valence electrons. The molecule has 4 nitrogen and oxygen atoms in total. The van der Waals surface area contributed by atoms with E-state index in [-0.39, 0.29) is 0 Å². The van der Waals surface area contributed by atoms with Gasteiger partial charge in [-0.2, -0.15) is 0 Å². The first-order valence-corrected chi connectivity index (χ1v) is 8.44. The summed E-state index contributed by atoms with van der Waals surface area (Å²) in [4.78, 5) is 4.43. The SMILES string of the molecule is c1cnc2c(c1)CC[C@H](CCCCCO[C@@H]1CCNC1)N2. The van der Waals surface area contributed by atoms with Crippen LogP contribution in [0.3, 0.4) is 0 Å². The summed E-state index contributed by atoms with van der Waals surface area (Å²) in [6.45, 7) is 3.08. The quantitative estimate of drug-likeness (QED) is 0.758. The fraction of sp³-hybridized carbons (Fsp3) is 0.706. The summed E-state index contributed by atoms with van der Waals surface area (Å²) >= 11 is 0. The highest BCUT2D eigenvalue weighted by Crippen LogP contribution is 2.24. The molecule has 3 rings (SSSR count). The van der Waals surface area contributed by atoms with Crippen molar-refractivity contribution in [3.8, 4) is 0 Å². The molecule has 3 heterocycles. The fourth-order valence-corrected chi connectivity index (χ4v) is 3.27. The molecule has 0 unspecified atom stereocenters. The summed E-state index contributed by atoms with van der Waals surface area (Å²) in [6.07, 6.45) is 10.9. The van der Waals surface area contributed by atoms with Crippen LogP contribution in [0.25, 0.3) is 0 Å². The van der Waals surface area contributed by atoms with Crippen LogP contribution in [-0.4, -0.2) is 36.8 Å². The molecule has 2 aliphatic rings. The smallest absolute Gasteiger partial charge is 0.129 e. The second-order valence-electron chi connectivity index (χ2n) is 6.23. The third-order valence-corrected chi connectivity index (χ3v) is 4.56. The molecule has 1 aromatic heterocycles. The van der Waals surface area contributed by atoms with Crippen molar-refractivity contribution in [2.45, 2.75) is 57.1 Å². The Morgan fingerprint density at radius 1 is 1.24 bits per heavy atom. The molecule has 2 aliphatic heterocycles. The van der Waals surface area contributed by atoms with Crippen LogP contribution in [0.15, 0.2) is 18.3 Å². The number of aryl methyl sites for hydroxylation is 1. The van der Waals surface area contributed by atoms with Crippen LogP contribution in [0.2, 0.25) is 0 Å². The average Bonchev–Trinajstić information content (AvgIpc) is 3.04. The van der Waals surface area contributed by atoms with Gasteiger partial charge in [-0.3, -0.25) is 0 Å². The van der Waals surface area contributed by atoms with Crippen LogP contribution < -0.4 is 10.6 Å². The first-order chi connectivity index (χ1) is 10.4. The summed E-state index contributed by atoms with van der Waals surface area (Å²) in [5, 5.41) is 6.92. The maximum Gasteiger partial charge on any atom is 0.129 e. The second-order valence-corrected chi connectivity index (χ2v) is 6.23. The van der Waals surface area contributed by atoms with Gasteiger partial charge >= 0.3 is 0 Å². The molecule has 1 fully saturated rings. The number of anilines is 1. The summed E-state index contributed by atoms with van der Waals surface area (Å²) in [5.41, 5.74) is 1.37. The molecule has 0 aromatic carbocycles. The Morgan fingerprint density at radius 2 is 2.24 bits per heavy atom. The van der Waals surface area contributed by atoms with Gasteiger partial charge in [0.05, 0.1) is 6.10 Å². The molecular weight excluding hydrogens is 262 g/mol. The first-order valence-electron chi connectivity index (χ1n) is 8.44. The Hall–Kier alpha value is -1.13. The molecule has 2 N–H and O–H groups in total. The highest BCUT2D eigenvalue weighted by molar-refractivity contribution is 5.46. The van der Waals surface area contributed by atoms with Gasteiger partial charge in [0, 0.05) is 25.4 Å². The lowest BCUT2D eigenvalue weighted by Crippen LogP contribution is -2.26. The van der Waals surface area contributed by atoms with E-state index in [9.17, 15) is 0 Å². The number of unbranched alkanes of at least 4 members (excludes halogenated alkanes) is 2. The van der Waals surface area contributed by atoms with E-state index in [2.05, 4.69) is 21.7 Å². The summed E-state index contributed by atoms with van der Waals surface area (Å²) in [7, 11) is 0. The largest absolute Gasteiger partial charge is 0.377 e. The van der Waals surface area contributed by atoms with E-state index in [1.54, 1.807) is 0 Å². The van der Waals surface area contributed by atoms with E-state index in [4.69, 9.17) is 4.74 Å². The van der Waals surface area contributed by atoms with Gasteiger partial charge in [-0.25, -0.2) is 4.98 Å². The fourth-order valence-electron chi connectivity index (χ4n) is 3.27. The van der Waals surface area contributed by atoms with Crippen LogP contribution in [-0.2, 0) is 11.2 Å². The van der Waals surface area contributed by atoms with Gasteiger partial charge in [-0.05, 0) is 50.3 Å². The number of nitrogens with zero attached hydrogens (tertiary/aromatic N) is 1. The van der Waals surface area contributed by atoms with E-state index in [0.717, 1.165) is 25.5 Å². The first kappa shape index (κ1) is 14.8. The molecule has 0 amide bonds. The van der Waals surface area contributed by atoms with Crippen LogP contribution in [0.5, 0.6) is 0 Å². The van der Waals surface area contributed by atoms with Crippen molar-refractivity contribution in [1.29, 1.82) is 0 Å². The minimum Gasteiger partial charge on any atom is -0.377 e. The Bertz CT molecular complexity index is 432. The number of fused-ring (bicyclic) bond motifs is 1. The molecule has 0 spiro atoms. The summed E-state index contributed by atoms with van der Waals surface area (Å²) in [5.74, 6) is 1.10. The van der Waals surface area contributed by atoms with Gasteiger partial charge in [0.25, 0.3) is 0 Å². The normalized spacial score (nSPS) is 24.6. The zero-order valence-electron chi connectivity index (χ0n) is 12.8. The highest BCUT2D eigenvalue weighted by atomic mass is 16.5. The van der Waals surface area contributed by atoms with Crippen molar-refractivity contribution in [1.82, 2.24) is 10.3 Å². The zero-order chi connectivity index (χ0) is 14.3. The minimum atomic E-state index is 0.465. The molecule has 0 bridgehead atoms. The van der Waals surface area contributed by atoms with E-state index in [1.807, 2.05) is 12.3 Å². The number of ether oxygens (including phenoxy) is 1. The number of aromatic nitrogens is 1. The molecule has 2 atom stereocenters. The molecular formula is C17H27N3O. The van der Waals surface area contributed by atoms with Crippen molar-refractivity contribution in [2.75, 3.05) is 25.0 Å². The molecule has 0 radical (unpaired) electrons. The van der Waals surface area contributed by atoms with Gasteiger partial charge in [0.1, 0.15) is 5.82 Å². The van der Waals surface area contributed by atoms with E-state index in [1.165, 1.54) is 50.5 Å². The number of nitrogens with one attached hydrogen (secondary N) is 2. The topological polar surface area (TPSA) is 46.2 Å². The van der Waals surface area contributed by atoms with Gasteiger partial charge in [0.15, 0.2) is 0 Å². The summed E-state index contributed by atoms with van der Waals surface area (Å²) < 4.78 is 5.85.